The standard InChI is InChI=1S/C12H19N5/c1-10-9-14-12-11(13-3-4-17(10)12)16-7-5-15(2)6-8-16/h3-4,10H,5-9H2,1-2H3/t10-/m1/s1. The third-order valence-corrected chi connectivity index (χ3v) is 3.65. The average Bonchev–Trinajstić information content (AvgIpc) is 2.73. The highest BCUT2D eigenvalue weighted by Crippen LogP contribution is 2.17. The van der Waals surface area contributed by atoms with Gasteiger partial charge in [0.1, 0.15) is 0 Å². The first kappa shape index (κ1) is 10.8. The normalized spacial score (nSPS) is 29.2. The van der Waals surface area contributed by atoms with Gasteiger partial charge in [-0.3, -0.25) is 4.99 Å². The molecule has 0 bridgehead atoms. The second kappa shape index (κ2) is 4.14. The number of piperazine rings is 1. The third kappa shape index (κ3) is 1.84. The van der Waals surface area contributed by atoms with E-state index in [1.807, 2.05) is 12.4 Å². The highest BCUT2D eigenvalue weighted by Gasteiger charge is 2.31. The molecular formula is C12H19N5. The van der Waals surface area contributed by atoms with Gasteiger partial charge in [-0.15, -0.1) is 0 Å². The SMILES string of the molecule is C[C@@H]1CN=C2C(N3CCN(C)CC3)=NC=CN21. The predicted molar refractivity (Wildman–Crippen MR) is 69.2 cm³/mol. The zero-order chi connectivity index (χ0) is 11.8. The van der Waals surface area contributed by atoms with E-state index in [-0.39, 0.29) is 0 Å². The number of hydrogen-bond acceptors (Lipinski definition) is 5. The van der Waals surface area contributed by atoms with Crippen LogP contribution in [0.1, 0.15) is 6.92 Å². The van der Waals surface area contributed by atoms with Crippen molar-refractivity contribution < 1.29 is 0 Å². The van der Waals surface area contributed by atoms with Gasteiger partial charge in [0.05, 0.1) is 12.6 Å². The molecule has 17 heavy (non-hydrogen) atoms. The van der Waals surface area contributed by atoms with Gasteiger partial charge in [-0.25, -0.2) is 4.99 Å². The quantitative estimate of drug-likeness (QED) is 0.600. The topological polar surface area (TPSA) is 34.4 Å². The first-order valence-corrected chi connectivity index (χ1v) is 6.27. The number of nitrogens with zero attached hydrogens (tertiary/aromatic N) is 5. The molecule has 1 saturated heterocycles. The van der Waals surface area contributed by atoms with Gasteiger partial charge in [-0.05, 0) is 14.0 Å². The summed E-state index contributed by atoms with van der Waals surface area (Å²) in [6, 6.07) is 0.471. The van der Waals surface area contributed by atoms with Gasteiger partial charge in [0.2, 0.25) is 0 Å². The van der Waals surface area contributed by atoms with Crippen molar-refractivity contribution in [2.75, 3.05) is 39.8 Å². The Kier molecular flexibility index (Phi) is 2.63. The Morgan fingerprint density at radius 3 is 2.71 bits per heavy atom. The van der Waals surface area contributed by atoms with E-state index >= 15 is 0 Å². The highest BCUT2D eigenvalue weighted by atomic mass is 15.4. The summed E-state index contributed by atoms with van der Waals surface area (Å²) in [5, 5.41) is 0. The molecule has 1 fully saturated rings. The van der Waals surface area contributed by atoms with Crippen LogP contribution in [0.3, 0.4) is 0 Å². The maximum atomic E-state index is 4.62. The lowest BCUT2D eigenvalue weighted by Gasteiger charge is -2.36. The molecule has 0 saturated carbocycles. The Hall–Kier alpha value is -1.36. The van der Waals surface area contributed by atoms with E-state index in [1.165, 1.54) is 0 Å². The molecule has 0 aromatic rings. The molecule has 5 nitrogen and oxygen atoms in total. The molecule has 0 amide bonds. The first-order chi connectivity index (χ1) is 8.25. The fourth-order valence-electron chi connectivity index (χ4n) is 2.48. The molecule has 3 aliphatic heterocycles. The second-order valence-corrected chi connectivity index (χ2v) is 4.96. The van der Waals surface area contributed by atoms with Gasteiger partial charge in [-0.1, -0.05) is 0 Å². The number of fused-ring (bicyclic) bond motifs is 1. The second-order valence-electron chi connectivity index (χ2n) is 4.96. The minimum Gasteiger partial charge on any atom is -0.351 e. The zero-order valence-corrected chi connectivity index (χ0v) is 10.5. The average molecular weight is 233 g/mol. The van der Waals surface area contributed by atoms with Crippen LogP contribution in [0.5, 0.6) is 0 Å². The maximum absolute atomic E-state index is 4.62. The molecule has 0 N–H and O–H groups in total. The lowest BCUT2D eigenvalue weighted by molar-refractivity contribution is 0.216. The number of rotatable bonds is 0. The van der Waals surface area contributed by atoms with Crippen LogP contribution in [0, 0.1) is 0 Å². The minimum absolute atomic E-state index is 0.471. The minimum atomic E-state index is 0.471. The van der Waals surface area contributed by atoms with Crippen molar-refractivity contribution in [3.8, 4) is 0 Å². The predicted octanol–water partition coefficient (Wildman–Crippen LogP) is 0.220. The van der Waals surface area contributed by atoms with E-state index in [9.17, 15) is 0 Å². The number of likely N-dealkylation sites (N-methyl/N-ethyl adjacent to an activating group) is 1. The molecule has 0 spiro atoms. The molecule has 0 aromatic heterocycles. The van der Waals surface area contributed by atoms with Gasteiger partial charge in [0, 0.05) is 38.6 Å². The fraction of sp³-hybridized carbons (Fsp3) is 0.667. The summed E-state index contributed by atoms with van der Waals surface area (Å²) < 4.78 is 0. The molecular weight excluding hydrogens is 214 g/mol. The van der Waals surface area contributed by atoms with Crippen LogP contribution in [-0.2, 0) is 0 Å². The molecule has 0 aromatic carbocycles. The highest BCUT2D eigenvalue weighted by molar-refractivity contribution is 6.41. The molecule has 0 aliphatic carbocycles. The Morgan fingerprint density at radius 1 is 1.18 bits per heavy atom. The van der Waals surface area contributed by atoms with Crippen LogP contribution in [-0.4, -0.2) is 72.2 Å². The summed E-state index contributed by atoms with van der Waals surface area (Å²) >= 11 is 0. The van der Waals surface area contributed by atoms with Crippen LogP contribution in [0.4, 0.5) is 0 Å². The summed E-state index contributed by atoms with van der Waals surface area (Å²) in [5.74, 6) is 2.12. The molecule has 1 atom stereocenters. The number of hydrogen-bond donors (Lipinski definition) is 0. The summed E-state index contributed by atoms with van der Waals surface area (Å²) in [6.07, 6.45) is 3.94. The molecule has 3 heterocycles. The van der Waals surface area contributed by atoms with E-state index in [2.05, 4.69) is 38.7 Å². The Balaban J connectivity index is 1.79. The smallest absolute Gasteiger partial charge is 0.172 e. The van der Waals surface area contributed by atoms with Crippen molar-refractivity contribution in [1.29, 1.82) is 0 Å². The lowest BCUT2D eigenvalue weighted by atomic mass is 10.2. The lowest BCUT2D eigenvalue weighted by Crippen LogP contribution is -2.52. The van der Waals surface area contributed by atoms with Crippen molar-refractivity contribution in [3.05, 3.63) is 12.4 Å². The third-order valence-electron chi connectivity index (χ3n) is 3.65. The van der Waals surface area contributed by atoms with Gasteiger partial charge < -0.3 is 14.7 Å². The van der Waals surface area contributed by atoms with E-state index in [0.717, 1.165) is 44.4 Å². The molecule has 5 heteroatoms. The van der Waals surface area contributed by atoms with Crippen LogP contribution in [0.25, 0.3) is 0 Å². The van der Waals surface area contributed by atoms with Crippen molar-refractivity contribution in [2.45, 2.75) is 13.0 Å². The van der Waals surface area contributed by atoms with Crippen molar-refractivity contribution in [2.24, 2.45) is 9.98 Å². The Labute approximate surface area is 102 Å². The maximum Gasteiger partial charge on any atom is 0.172 e. The zero-order valence-electron chi connectivity index (χ0n) is 10.5. The molecule has 92 valence electrons. The van der Waals surface area contributed by atoms with E-state index < -0.39 is 0 Å². The van der Waals surface area contributed by atoms with Gasteiger partial charge in [-0.2, -0.15) is 0 Å². The molecule has 3 rings (SSSR count). The van der Waals surface area contributed by atoms with Gasteiger partial charge >= 0.3 is 0 Å². The van der Waals surface area contributed by atoms with Gasteiger partial charge in [0.15, 0.2) is 11.7 Å². The largest absolute Gasteiger partial charge is 0.351 e. The first-order valence-electron chi connectivity index (χ1n) is 6.27. The van der Waals surface area contributed by atoms with E-state index in [1.54, 1.807) is 0 Å². The van der Waals surface area contributed by atoms with Crippen molar-refractivity contribution in [1.82, 2.24) is 14.7 Å². The van der Waals surface area contributed by atoms with E-state index in [0.29, 0.717) is 6.04 Å². The monoisotopic (exact) mass is 233 g/mol. The van der Waals surface area contributed by atoms with Crippen LogP contribution < -0.4 is 0 Å². The number of amidine groups is 2. The Morgan fingerprint density at radius 2 is 1.94 bits per heavy atom. The fourth-order valence-corrected chi connectivity index (χ4v) is 2.48. The number of aliphatic imine (C=N–C) groups is 2. The Bertz CT molecular complexity index is 390. The molecule has 0 radical (unpaired) electrons. The van der Waals surface area contributed by atoms with Crippen molar-refractivity contribution in [3.63, 3.8) is 0 Å². The molecule has 0 unspecified atom stereocenters. The summed E-state index contributed by atoms with van der Waals surface area (Å²) in [5.41, 5.74) is 0. The van der Waals surface area contributed by atoms with Crippen LogP contribution >= 0.6 is 0 Å². The van der Waals surface area contributed by atoms with E-state index in [4.69, 9.17) is 0 Å². The van der Waals surface area contributed by atoms with Gasteiger partial charge in [0.25, 0.3) is 0 Å². The molecule has 3 aliphatic rings. The van der Waals surface area contributed by atoms with Crippen LogP contribution in [0.15, 0.2) is 22.4 Å². The summed E-state index contributed by atoms with van der Waals surface area (Å²) in [6.45, 7) is 7.38. The van der Waals surface area contributed by atoms with Crippen molar-refractivity contribution >= 4 is 11.7 Å². The van der Waals surface area contributed by atoms with Crippen LogP contribution in [0.2, 0.25) is 0 Å². The summed E-state index contributed by atoms with van der Waals surface area (Å²) in [4.78, 5) is 16.1. The summed E-state index contributed by atoms with van der Waals surface area (Å²) in [7, 11) is 2.17.